The van der Waals surface area contributed by atoms with Gasteiger partial charge in [0.1, 0.15) is 5.69 Å². The number of ether oxygens (including phenoxy) is 1. The van der Waals surface area contributed by atoms with Crippen molar-refractivity contribution in [2.24, 2.45) is 0 Å². The van der Waals surface area contributed by atoms with Crippen molar-refractivity contribution in [1.29, 1.82) is 0 Å². The van der Waals surface area contributed by atoms with Gasteiger partial charge in [-0.05, 0) is 24.3 Å². The number of urea groups is 1. The fourth-order valence-electron chi connectivity index (χ4n) is 2.65. The molecular weight excluding hydrogens is 449 g/mol. The summed E-state index contributed by atoms with van der Waals surface area (Å²) >= 11 is 0.961. The number of rotatable bonds is 5. The van der Waals surface area contributed by atoms with Crippen molar-refractivity contribution < 1.29 is 27.5 Å². The minimum Gasteiger partial charge on any atom is -0.404 e. The Morgan fingerprint density at radius 2 is 1.72 bits per heavy atom. The molecule has 4 rings (SSSR count). The molecule has 13 heteroatoms. The quantitative estimate of drug-likeness (QED) is 0.339. The molecule has 3 amide bonds. The zero-order valence-corrected chi connectivity index (χ0v) is 16.7. The molecule has 0 aliphatic carbocycles. The summed E-state index contributed by atoms with van der Waals surface area (Å²) in [5, 5.41) is 8.65. The molecule has 0 spiro atoms. The Bertz CT molecular complexity index is 1250. The number of hydrogen-bond acceptors (Lipinski definition) is 6. The predicted molar refractivity (Wildman–Crippen MR) is 112 cm³/mol. The standard InChI is InChI=1S/C19H13F3N6O3S/c20-19(21,22)31-14-8-4-3-7-12(14)25-17(30)28-18-26-13(9-32-18)15(29)27-16-23-10-5-1-2-6-11(10)24-16/h1-9H,(H2,23,24,27,29)(H2,25,26,28,30). The van der Waals surface area contributed by atoms with Crippen LogP contribution in [0.2, 0.25) is 0 Å². The van der Waals surface area contributed by atoms with E-state index in [1.165, 1.54) is 23.6 Å². The van der Waals surface area contributed by atoms with Crippen molar-refractivity contribution in [3.63, 3.8) is 0 Å². The first-order chi connectivity index (χ1) is 15.3. The van der Waals surface area contributed by atoms with E-state index < -0.39 is 24.1 Å². The summed E-state index contributed by atoms with van der Waals surface area (Å²) in [5.41, 5.74) is 1.25. The number of aromatic nitrogens is 3. The SMILES string of the molecule is O=C(Nc1nc(C(=O)Nc2nc3ccccc3[nH]2)cs1)Nc1ccccc1OC(F)(F)F. The molecule has 2 heterocycles. The number of imidazole rings is 1. The maximum absolute atomic E-state index is 12.5. The van der Waals surface area contributed by atoms with Gasteiger partial charge in [-0.2, -0.15) is 0 Å². The van der Waals surface area contributed by atoms with E-state index in [4.69, 9.17) is 0 Å². The highest BCUT2D eigenvalue weighted by Crippen LogP contribution is 2.30. The summed E-state index contributed by atoms with van der Waals surface area (Å²) in [6, 6.07) is 11.4. The van der Waals surface area contributed by atoms with E-state index in [9.17, 15) is 22.8 Å². The molecule has 0 saturated heterocycles. The number of H-pyrrole nitrogens is 1. The molecule has 2 aromatic carbocycles. The van der Waals surface area contributed by atoms with Crippen LogP contribution in [0, 0.1) is 0 Å². The van der Waals surface area contributed by atoms with Crippen LogP contribution in [0.4, 0.5) is 34.7 Å². The minimum absolute atomic E-state index is 0.0200. The Morgan fingerprint density at radius 3 is 2.50 bits per heavy atom. The van der Waals surface area contributed by atoms with E-state index in [0.717, 1.165) is 22.9 Å². The Hall–Kier alpha value is -4.13. The van der Waals surface area contributed by atoms with Crippen LogP contribution in [-0.4, -0.2) is 33.3 Å². The summed E-state index contributed by atoms with van der Waals surface area (Å²) in [6.45, 7) is 0. The Balaban J connectivity index is 1.39. The van der Waals surface area contributed by atoms with Gasteiger partial charge in [-0.15, -0.1) is 24.5 Å². The first kappa shape index (κ1) is 21.1. The molecule has 4 N–H and O–H groups in total. The van der Waals surface area contributed by atoms with Crippen molar-refractivity contribution in [2.75, 3.05) is 16.0 Å². The number of amides is 3. The normalized spacial score (nSPS) is 11.2. The molecule has 0 atom stereocenters. The number of hydrogen-bond donors (Lipinski definition) is 4. The first-order valence-corrected chi connectivity index (χ1v) is 9.79. The lowest BCUT2D eigenvalue weighted by molar-refractivity contribution is -0.274. The van der Waals surface area contributed by atoms with Gasteiger partial charge in [0.15, 0.2) is 10.9 Å². The topological polar surface area (TPSA) is 121 Å². The van der Waals surface area contributed by atoms with Crippen molar-refractivity contribution in [2.45, 2.75) is 6.36 Å². The monoisotopic (exact) mass is 462 g/mol. The fourth-order valence-corrected chi connectivity index (χ4v) is 3.34. The smallest absolute Gasteiger partial charge is 0.404 e. The highest BCUT2D eigenvalue weighted by atomic mass is 32.1. The van der Waals surface area contributed by atoms with Gasteiger partial charge in [0.05, 0.1) is 16.7 Å². The molecular formula is C19H13F3N6O3S. The number of halogens is 3. The van der Waals surface area contributed by atoms with Gasteiger partial charge in [-0.25, -0.2) is 14.8 Å². The van der Waals surface area contributed by atoms with E-state index in [1.54, 1.807) is 12.1 Å². The van der Waals surface area contributed by atoms with Crippen LogP contribution in [-0.2, 0) is 0 Å². The van der Waals surface area contributed by atoms with Crippen LogP contribution in [0.5, 0.6) is 5.75 Å². The van der Waals surface area contributed by atoms with Gasteiger partial charge >= 0.3 is 12.4 Å². The Labute approximate surface area is 181 Å². The fraction of sp³-hybridized carbons (Fsp3) is 0.0526. The van der Waals surface area contributed by atoms with E-state index in [-0.39, 0.29) is 22.5 Å². The number of carbonyl (C=O) groups is 2. The van der Waals surface area contributed by atoms with Gasteiger partial charge in [0.25, 0.3) is 5.91 Å². The number of carbonyl (C=O) groups excluding carboxylic acids is 2. The highest BCUT2D eigenvalue weighted by Gasteiger charge is 2.32. The molecule has 0 unspecified atom stereocenters. The highest BCUT2D eigenvalue weighted by molar-refractivity contribution is 7.14. The van der Waals surface area contributed by atoms with Gasteiger partial charge in [-0.1, -0.05) is 24.3 Å². The summed E-state index contributed by atoms with van der Waals surface area (Å²) in [7, 11) is 0. The number of benzene rings is 2. The third-order valence-corrected chi connectivity index (χ3v) is 4.70. The summed E-state index contributed by atoms with van der Waals surface area (Å²) < 4.78 is 41.4. The number of para-hydroxylation sites is 4. The molecule has 0 fully saturated rings. The second-order valence-corrected chi connectivity index (χ2v) is 7.08. The van der Waals surface area contributed by atoms with Crippen molar-refractivity contribution in [3.05, 3.63) is 59.6 Å². The maximum atomic E-state index is 12.5. The molecule has 164 valence electrons. The molecule has 0 saturated carbocycles. The minimum atomic E-state index is -4.91. The van der Waals surface area contributed by atoms with Gasteiger partial charge < -0.3 is 15.0 Å². The molecule has 0 aliphatic rings. The van der Waals surface area contributed by atoms with Crippen LogP contribution in [0.1, 0.15) is 10.5 Å². The van der Waals surface area contributed by atoms with Gasteiger partial charge in [0, 0.05) is 5.38 Å². The van der Waals surface area contributed by atoms with Crippen LogP contribution < -0.4 is 20.7 Å². The largest absolute Gasteiger partial charge is 0.573 e. The van der Waals surface area contributed by atoms with E-state index in [1.807, 2.05) is 12.1 Å². The predicted octanol–water partition coefficient (Wildman–Crippen LogP) is 4.81. The van der Waals surface area contributed by atoms with Crippen molar-refractivity contribution in [3.8, 4) is 5.75 Å². The number of fused-ring (bicyclic) bond motifs is 1. The van der Waals surface area contributed by atoms with E-state index >= 15 is 0 Å². The molecule has 4 aromatic rings. The number of anilines is 3. The lowest BCUT2D eigenvalue weighted by Gasteiger charge is -2.13. The number of alkyl halides is 3. The number of aromatic amines is 1. The van der Waals surface area contributed by atoms with Gasteiger partial charge in [0.2, 0.25) is 5.95 Å². The molecule has 32 heavy (non-hydrogen) atoms. The summed E-state index contributed by atoms with van der Waals surface area (Å²) in [4.78, 5) is 35.7. The van der Waals surface area contributed by atoms with Gasteiger partial charge in [-0.3, -0.25) is 15.4 Å². The zero-order valence-electron chi connectivity index (χ0n) is 15.9. The van der Waals surface area contributed by atoms with Crippen LogP contribution >= 0.6 is 11.3 Å². The Kier molecular flexibility index (Phi) is 5.64. The number of nitrogens with one attached hydrogen (secondary N) is 4. The zero-order chi connectivity index (χ0) is 22.7. The molecule has 0 bridgehead atoms. The maximum Gasteiger partial charge on any atom is 0.573 e. The third-order valence-electron chi connectivity index (χ3n) is 3.94. The van der Waals surface area contributed by atoms with Crippen molar-refractivity contribution in [1.82, 2.24) is 15.0 Å². The average Bonchev–Trinajstić information content (AvgIpc) is 3.34. The molecule has 2 aromatic heterocycles. The van der Waals surface area contributed by atoms with Crippen LogP contribution in [0.3, 0.4) is 0 Å². The lowest BCUT2D eigenvalue weighted by atomic mass is 10.3. The molecule has 0 aliphatic heterocycles. The molecule has 0 radical (unpaired) electrons. The second-order valence-electron chi connectivity index (χ2n) is 6.22. The van der Waals surface area contributed by atoms with E-state index in [2.05, 4.69) is 35.6 Å². The van der Waals surface area contributed by atoms with Crippen LogP contribution in [0.25, 0.3) is 11.0 Å². The lowest BCUT2D eigenvalue weighted by Crippen LogP contribution is -2.22. The molecule has 9 nitrogen and oxygen atoms in total. The van der Waals surface area contributed by atoms with E-state index in [0.29, 0.717) is 5.52 Å². The second kappa shape index (κ2) is 8.55. The van der Waals surface area contributed by atoms with Crippen LogP contribution in [0.15, 0.2) is 53.9 Å². The first-order valence-electron chi connectivity index (χ1n) is 8.91. The number of thiazole rings is 1. The van der Waals surface area contributed by atoms with Crippen molar-refractivity contribution >= 4 is 51.1 Å². The third kappa shape index (κ3) is 5.13. The Morgan fingerprint density at radius 1 is 0.969 bits per heavy atom. The number of nitrogens with zero attached hydrogens (tertiary/aromatic N) is 2. The summed E-state index contributed by atoms with van der Waals surface area (Å²) in [6.07, 6.45) is -4.91. The summed E-state index contributed by atoms with van der Waals surface area (Å²) in [5.74, 6) is -0.893. The average molecular weight is 462 g/mol.